The van der Waals surface area contributed by atoms with Crippen molar-refractivity contribution in [2.75, 3.05) is 0 Å². The van der Waals surface area contributed by atoms with E-state index in [9.17, 15) is 9.90 Å². The van der Waals surface area contributed by atoms with Crippen LogP contribution >= 0.6 is 11.6 Å². The van der Waals surface area contributed by atoms with Gasteiger partial charge in [-0.25, -0.2) is 4.79 Å². The van der Waals surface area contributed by atoms with Crippen molar-refractivity contribution in [2.45, 2.75) is 26.4 Å². The first kappa shape index (κ1) is 15.4. The second kappa shape index (κ2) is 6.64. The highest BCUT2D eigenvalue weighted by Gasteiger charge is 2.20. The van der Waals surface area contributed by atoms with E-state index in [2.05, 4.69) is 0 Å². The fraction of sp³-hybridized carbons (Fsp3) is 0.235. The molecule has 1 atom stereocenters. The lowest BCUT2D eigenvalue weighted by molar-refractivity contribution is -0.145. The number of hydrogen-bond acceptors (Lipinski definition) is 2. The van der Waals surface area contributed by atoms with E-state index in [1.165, 1.54) is 0 Å². The third kappa shape index (κ3) is 4.23. The first-order valence-electron chi connectivity index (χ1n) is 6.67. The van der Waals surface area contributed by atoms with E-state index in [1.807, 2.05) is 38.1 Å². The Labute approximate surface area is 129 Å². The molecule has 0 aliphatic rings. The molecule has 0 saturated carbocycles. The van der Waals surface area contributed by atoms with Crippen LogP contribution < -0.4 is 4.74 Å². The summed E-state index contributed by atoms with van der Waals surface area (Å²) in [4.78, 5) is 11.4. The Morgan fingerprint density at radius 2 is 1.86 bits per heavy atom. The predicted molar refractivity (Wildman–Crippen MR) is 83.1 cm³/mol. The molecule has 0 radical (unpaired) electrons. The van der Waals surface area contributed by atoms with Gasteiger partial charge in [0.25, 0.3) is 0 Å². The van der Waals surface area contributed by atoms with Gasteiger partial charge in [0.1, 0.15) is 5.75 Å². The summed E-state index contributed by atoms with van der Waals surface area (Å²) in [5, 5.41) is 9.96. The predicted octanol–water partition coefficient (Wildman–Crippen LogP) is 4.03. The first-order chi connectivity index (χ1) is 9.95. The van der Waals surface area contributed by atoms with Crippen molar-refractivity contribution in [3.63, 3.8) is 0 Å². The van der Waals surface area contributed by atoms with Crippen LogP contribution in [0.4, 0.5) is 0 Å². The van der Waals surface area contributed by atoms with Crippen LogP contribution in [-0.2, 0) is 11.2 Å². The van der Waals surface area contributed by atoms with Crippen molar-refractivity contribution < 1.29 is 14.6 Å². The van der Waals surface area contributed by atoms with Gasteiger partial charge in [0, 0.05) is 11.4 Å². The average molecular weight is 305 g/mol. The normalized spacial score (nSPS) is 12.0. The monoisotopic (exact) mass is 304 g/mol. The lowest BCUT2D eigenvalue weighted by Gasteiger charge is -2.16. The third-order valence-corrected chi connectivity index (χ3v) is 3.65. The second-order valence-corrected chi connectivity index (χ2v) is 5.45. The van der Waals surface area contributed by atoms with Gasteiger partial charge in [0.2, 0.25) is 0 Å². The summed E-state index contributed by atoms with van der Waals surface area (Å²) in [6.07, 6.45) is -0.606. The summed E-state index contributed by atoms with van der Waals surface area (Å²) in [7, 11) is 0. The maximum atomic E-state index is 11.4. The maximum absolute atomic E-state index is 11.4. The first-order valence-corrected chi connectivity index (χ1v) is 7.04. The number of rotatable bonds is 5. The van der Waals surface area contributed by atoms with Crippen molar-refractivity contribution in [3.8, 4) is 5.75 Å². The van der Waals surface area contributed by atoms with Gasteiger partial charge >= 0.3 is 5.97 Å². The zero-order valence-electron chi connectivity index (χ0n) is 12.0. The van der Waals surface area contributed by atoms with Crippen LogP contribution in [0.5, 0.6) is 5.75 Å². The molecule has 0 heterocycles. The molecule has 0 aliphatic heterocycles. The van der Waals surface area contributed by atoms with E-state index in [0.29, 0.717) is 17.2 Å². The molecular weight excluding hydrogens is 288 g/mol. The highest BCUT2D eigenvalue weighted by Crippen LogP contribution is 2.22. The second-order valence-electron chi connectivity index (χ2n) is 5.05. The van der Waals surface area contributed by atoms with Crippen LogP contribution in [0, 0.1) is 13.8 Å². The molecule has 1 N–H and O–H groups in total. The number of aryl methyl sites for hydroxylation is 2. The van der Waals surface area contributed by atoms with E-state index >= 15 is 0 Å². The van der Waals surface area contributed by atoms with Gasteiger partial charge in [-0.15, -0.1) is 0 Å². The van der Waals surface area contributed by atoms with Crippen LogP contribution in [0.2, 0.25) is 5.02 Å². The molecule has 0 spiro atoms. The Balaban J connectivity index is 2.13. The molecule has 0 fully saturated rings. The minimum Gasteiger partial charge on any atom is -0.478 e. The molecule has 0 aliphatic carbocycles. The SMILES string of the molecule is Cc1ccc(C[C@H](Oc2ccc(Cl)c(C)c2)C(=O)O)cc1. The number of halogens is 1. The van der Waals surface area contributed by atoms with Crippen LogP contribution in [0.3, 0.4) is 0 Å². The van der Waals surface area contributed by atoms with Crippen molar-refractivity contribution in [2.24, 2.45) is 0 Å². The van der Waals surface area contributed by atoms with Crippen LogP contribution in [0.15, 0.2) is 42.5 Å². The Morgan fingerprint density at radius 3 is 2.43 bits per heavy atom. The fourth-order valence-electron chi connectivity index (χ4n) is 1.97. The van der Waals surface area contributed by atoms with E-state index in [4.69, 9.17) is 16.3 Å². The minimum absolute atomic E-state index is 0.317. The number of aliphatic carboxylic acids is 1. The highest BCUT2D eigenvalue weighted by molar-refractivity contribution is 6.31. The Bertz CT molecular complexity index is 635. The molecule has 4 heteroatoms. The summed E-state index contributed by atoms with van der Waals surface area (Å²) in [6.45, 7) is 3.84. The smallest absolute Gasteiger partial charge is 0.345 e. The summed E-state index contributed by atoms with van der Waals surface area (Å²) >= 11 is 5.95. The van der Waals surface area contributed by atoms with Crippen molar-refractivity contribution in [1.29, 1.82) is 0 Å². The molecule has 2 aromatic carbocycles. The van der Waals surface area contributed by atoms with Crippen LogP contribution in [0.1, 0.15) is 16.7 Å². The highest BCUT2D eigenvalue weighted by atomic mass is 35.5. The van der Waals surface area contributed by atoms with E-state index in [0.717, 1.165) is 16.7 Å². The van der Waals surface area contributed by atoms with Gasteiger partial charge in [0.05, 0.1) is 0 Å². The number of benzene rings is 2. The van der Waals surface area contributed by atoms with Gasteiger partial charge in [0.15, 0.2) is 6.10 Å². The molecule has 0 saturated heterocycles. The molecular formula is C17H17ClO3. The van der Waals surface area contributed by atoms with Gasteiger partial charge in [-0.3, -0.25) is 0 Å². The van der Waals surface area contributed by atoms with Crippen LogP contribution in [-0.4, -0.2) is 17.2 Å². The molecule has 2 aromatic rings. The fourth-order valence-corrected chi connectivity index (χ4v) is 2.09. The molecule has 110 valence electrons. The van der Waals surface area contributed by atoms with Crippen molar-refractivity contribution >= 4 is 17.6 Å². The Morgan fingerprint density at radius 1 is 1.19 bits per heavy atom. The van der Waals surface area contributed by atoms with Crippen molar-refractivity contribution in [1.82, 2.24) is 0 Å². The Hall–Kier alpha value is -2.00. The molecule has 3 nitrogen and oxygen atoms in total. The van der Waals surface area contributed by atoms with Crippen LogP contribution in [0.25, 0.3) is 0 Å². The largest absolute Gasteiger partial charge is 0.478 e. The minimum atomic E-state index is -0.983. The molecule has 0 unspecified atom stereocenters. The number of carboxylic acid groups (broad SMARTS) is 1. The zero-order chi connectivity index (χ0) is 15.4. The molecule has 0 bridgehead atoms. The average Bonchev–Trinajstić information content (AvgIpc) is 2.44. The number of hydrogen-bond donors (Lipinski definition) is 1. The maximum Gasteiger partial charge on any atom is 0.345 e. The summed E-state index contributed by atoms with van der Waals surface area (Å²) in [5.74, 6) is -0.473. The number of ether oxygens (including phenoxy) is 1. The Kier molecular flexibility index (Phi) is 4.86. The van der Waals surface area contributed by atoms with Crippen molar-refractivity contribution in [3.05, 3.63) is 64.2 Å². The lowest BCUT2D eigenvalue weighted by Crippen LogP contribution is -2.29. The quantitative estimate of drug-likeness (QED) is 0.907. The molecule has 0 aromatic heterocycles. The summed E-state index contributed by atoms with van der Waals surface area (Å²) < 4.78 is 5.59. The van der Waals surface area contributed by atoms with Gasteiger partial charge in [-0.05, 0) is 43.2 Å². The molecule has 2 rings (SSSR count). The lowest BCUT2D eigenvalue weighted by atomic mass is 10.1. The number of carboxylic acids is 1. The zero-order valence-corrected chi connectivity index (χ0v) is 12.7. The topological polar surface area (TPSA) is 46.5 Å². The standard InChI is InChI=1S/C17H17ClO3/c1-11-3-5-13(6-4-11)10-16(17(19)20)21-14-7-8-15(18)12(2)9-14/h3-9,16H,10H2,1-2H3,(H,19,20)/t16-/m0/s1. The van der Waals surface area contributed by atoms with Gasteiger partial charge < -0.3 is 9.84 Å². The third-order valence-electron chi connectivity index (χ3n) is 3.22. The van der Waals surface area contributed by atoms with E-state index in [1.54, 1.807) is 18.2 Å². The van der Waals surface area contributed by atoms with Gasteiger partial charge in [-0.2, -0.15) is 0 Å². The van der Waals surface area contributed by atoms with E-state index in [-0.39, 0.29) is 0 Å². The molecule has 0 amide bonds. The number of carbonyl (C=O) groups is 1. The van der Waals surface area contributed by atoms with E-state index < -0.39 is 12.1 Å². The summed E-state index contributed by atoms with van der Waals surface area (Å²) in [5.41, 5.74) is 2.92. The molecule has 21 heavy (non-hydrogen) atoms. The summed E-state index contributed by atoms with van der Waals surface area (Å²) in [6, 6.07) is 12.9. The van der Waals surface area contributed by atoms with Gasteiger partial charge in [-0.1, -0.05) is 41.4 Å².